The summed E-state index contributed by atoms with van der Waals surface area (Å²) in [6, 6.07) is 28.5. The molecule has 0 saturated carbocycles. The highest BCUT2D eigenvalue weighted by atomic mass is 32.2. The topological polar surface area (TPSA) is 76.9 Å². The minimum absolute atomic E-state index is 0.186. The Morgan fingerprint density at radius 1 is 0.917 bits per heavy atom. The summed E-state index contributed by atoms with van der Waals surface area (Å²) in [7, 11) is 0. The molecule has 0 unspecified atom stereocenters. The van der Waals surface area contributed by atoms with E-state index in [1.807, 2.05) is 79.7 Å². The lowest BCUT2D eigenvalue weighted by molar-refractivity contribution is -0.115. The van der Waals surface area contributed by atoms with E-state index in [1.165, 1.54) is 16.3 Å². The van der Waals surface area contributed by atoms with Gasteiger partial charge in [0.15, 0.2) is 5.16 Å². The Morgan fingerprint density at radius 2 is 1.64 bits per heavy atom. The van der Waals surface area contributed by atoms with Crippen LogP contribution in [0.1, 0.15) is 12.5 Å². The zero-order chi connectivity index (χ0) is 25.1. The molecule has 5 rings (SSSR count). The molecule has 6 nitrogen and oxygen atoms in total. The number of aryl methyl sites for hydroxylation is 1. The molecule has 0 fully saturated rings. The monoisotopic (exact) mass is 492 g/mol. The number of fused-ring (bicyclic) bond motifs is 1. The van der Waals surface area contributed by atoms with Gasteiger partial charge in [0, 0.05) is 17.4 Å². The smallest absolute Gasteiger partial charge is 0.267 e. The first kappa shape index (κ1) is 23.5. The van der Waals surface area contributed by atoms with Crippen molar-refractivity contribution in [2.45, 2.75) is 24.3 Å². The number of thioether (sulfide) groups is 1. The van der Waals surface area contributed by atoms with E-state index < -0.39 is 5.25 Å². The number of anilines is 1. The maximum Gasteiger partial charge on any atom is 0.267 e. The van der Waals surface area contributed by atoms with E-state index in [-0.39, 0.29) is 11.5 Å². The lowest BCUT2D eigenvalue weighted by atomic mass is 10.0. The molecule has 2 aromatic heterocycles. The summed E-state index contributed by atoms with van der Waals surface area (Å²) in [5, 5.41) is 3.44. The van der Waals surface area contributed by atoms with Gasteiger partial charge in [0.1, 0.15) is 5.82 Å². The van der Waals surface area contributed by atoms with E-state index in [9.17, 15) is 9.59 Å². The molecule has 2 heterocycles. The van der Waals surface area contributed by atoms with Crippen LogP contribution in [0.4, 0.5) is 5.69 Å². The first-order valence-corrected chi connectivity index (χ1v) is 12.5. The standard InChI is InChI=1S/C29H24N4O2S/c1-19-16-17-26(30-18-19)33-28(35)23-13-7-9-15-25(23)32-29(33)36-20(2)27(34)31-24-14-8-6-12-22(24)21-10-4-3-5-11-21/h3-18,20H,1-2H3,(H,31,34)/t20-/m0/s1. The first-order valence-electron chi connectivity index (χ1n) is 11.6. The summed E-state index contributed by atoms with van der Waals surface area (Å²) >= 11 is 1.23. The number of para-hydroxylation sites is 2. The fraction of sp³-hybridized carbons (Fsp3) is 0.103. The van der Waals surface area contributed by atoms with E-state index in [0.29, 0.717) is 21.9 Å². The third-order valence-corrected chi connectivity index (χ3v) is 6.84. The van der Waals surface area contributed by atoms with Gasteiger partial charge in [0.25, 0.3) is 5.56 Å². The molecule has 0 spiro atoms. The molecular formula is C29H24N4O2S. The van der Waals surface area contributed by atoms with Gasteiger partial charge in [-0.05, 0) is 49.2 Å². The molecule has 3 aromatic carbocycles. The largest absolute Gasteiger partial charge is 0.325 e. The van der Waals surface area contributed by atoms with Gasteiger partial charge < -0.3 is 5.32 Å². The number of nitrogens with zero attached hydrogens (tertiary/aromatic N) is 3. The van der Waals surface area contributed by atoms with Crippen molar-refractivity contribution in [2.24, 2.45) is 0 Å². The molecule has 1 amide bonds. The van der Waals surface area contributed by atoms with E-state index >= 15 is 0 Å². The summed E-state index contributed by atoms with van der Waals surface area (Å²) < 4.78 is 1.48. The average molecular weight is 493 g/mol. The number of pyridine rings is 1. The van der Waals surface area contributed by atoms with Crippen molar-refractivity contribution >= 4 is 34.3 Å². The third kappa shape index (κ3) is 4.78. The second-order valence-electron chi connectivity index (χ2n) is 8.41. The molecule has 0 aliphatic carbocycles. The van der Waals surface area contributed by atoms with Crippen LogP contribution in [0.15, 0.2) is 107 Å². The fourth-order valence-electron chi connectivity index (χ4n) is 3.89. The van der Waals surface area contributed by atoms with Crippen LogP contribution in [0.2, 0.25) is 0 Å². The number of hydrogen-bond donors (Lipinski definition) is 1. The molecule has 7 heteroatoms. The summed E-state index contributed by atoms with van der Waals surface area (Å²) in [4.78, 5) is 35.9. The Morgan fingerprint density at radius 3 is 2.42 bits per heavy atom. The summed E-state index contributed by atoms with van der Waals surface area (Å²) in [6.07, 6.45) is 1.71. The van der Waals surface area contributed by atoms with Gasteiger partial charge in [0.05, 0.1) is 16.2 Å². The minimum Gasteiger partial charge on any atom is -0.325 e. The quantitative estimate of drug-likeness (QED) is 0.237. The lowest BCUT2D eigenvalue weighted by Crippen LogP contribution is -2.26. The molecular weight excluding hydrogens is 468 g/mol. The normalized spacial score (nSPS) is 11.8. The van der Waals surface area contributed by atoms with Crippen LogP contribution in [0.3, 0.4) is 0 Å². The third-order valence-electron chi connectivity index (χ3n) is 5.79. The Bertz CT molecular complexity index is 1600. The highest BCUT2D eigenvalue weighted by Crippen LogP contribution is 2.30. The average Bonchev–Trinajstić information content (AvgIpc) is 2.90. The molecule has 0 aliphatic heterocycles. The Labute approximate surface area is 213 Å². The van der Waals surface area contributed by atoms with Crippen molar-refractivity contribution in [3.8, 4) is 16.9 Å². The maximum absolute atomic E-state index is 13.4. The predicted octanol–water partition coefficient (Wildman–Crippen LogP) is 5.88. The number of carbonyl (C=O) groups is 1. The van der Waals surface area contributed by atoms with Crippen LogP contribution in [-0.2, 0) is 4.79 Å². The number of carbonyl (C=O) groups excluding carboxylic acids is 1. The van der Waals surface area contributed by atoms with Crippen molar-refractivity contribution in [1.82, 2.24) is 14.5 Å². The lowest BCUT2D eigenvalue weighted by Gasteiger charge is -2.17. The second-order valence-corrected chi connectivity index (χ2v) is 9.71. The molecule has 0 saturated heterocycles. The number of benzene rings is 3. The van der Waals surface area contributed by atoms with Gasteiger partial charge in [0.2, 0.25) is 5.91 Å². The van der Waals surface area contributed by atoms with Crippen LogP contribution >= 0.6 is 11.8 Å². The number of nitrogens with one attached hydrogen (secondary N) is 1. The van der Waals surface area contributed by atoms with Gasteiger partial charge in [-0.1, -0.05) is 78.5 Å². The summed E-state index contributed by atoms with van der Waals surface area (Å²) in [5.74, 6) is 0.280. The first-order chi connectivity index (χ1) is 17.5. The molecule has 1 atom stereocenters. The Hall–Kier alpha value is -4.23. The van der Waals surface area contributed by atoms with Crippen molar-refractivity contribution in [2.75, 3.05) is 5.32 Å². The van der Waals surface area contributed by atoms with Crippen LogP contribution in [0.25, 0.3) is 27.8 Å². The SMILES string of the molecule is Cc1ccc(-n2c(S[C@@H](C)C(=O)Nc3ccccc3-c3ccccc3)nc3ccccc3c2=O)nc1. The molecule has 0 bridgehead atoms. The zero-order valence-corrected chi connectivity index (χ0v) is 20.7. The van der Waals surface area contributed by atoms with Gasteiger partial charge in [-0.3, -0.25) is 9.59 Å². The fourth-order valence-corrected chi connectivity index (χ4v) is 4.81. The van der Waals surface area contributed by atoms with Crippen LogP contribution < -0.4 is 10.9 Å². The predicted molar refractivity (Wildman–Crippen MR) is 146 cm³/mol. The summed E-state index contributed by atoms with van der Waals surface area (Å²) in [5.41, 5.74) is 4.03. The number of aromatic nitrogens is 3. The van der Waals surface area contributed by atoms with Crippen LogP contribution in [0, 0.1) is 6.92 Å². The van der Waals surface area contributed by atoms with Crippen LogP contribution in [0.5, 0.6) is 0 Å². The Kier molecular flexibility index (Phi) is 6.64. The number of hydrogen-bond acceptors (Lipinski definition) is 5. The van der Waals surface area contributed by atoms with Gasteiger partial charge in [-0.2, -0.15) is 0 Å². The second kappa shape index (κ2) is 10.2. The van der Waals surface area contributed by atoms with Crippen molar-refractivity contribution in [3.63, 3.8) is 0 Å². The molecule has 36 heavy (non-hydrogen) atoms. The maximum atomic E-state index is 13.4. The van der Waals surface area contributed by atoms with Gasteiger partial charge in [-0.25, -0.2) is 14.5 Å². The highest BCUT2D eigenvalue weighted by Gasteiger charge is 2.21. The van der Waals surface area contributed by atoms with E-state index in [2.05, 4.69) is 10.3 Å². The van der Waals surface area contributed by atoms with Crippen LogP contribution in [-0.4, -0.2) is 25.7 Å². The highest BCUT2D eigenvalue weighted by molar-refractivity contribution is 8.00. The van der Waals surface area contributed by atoms with E-state index in [1.54, 1.807) is 31.3 Å². The van der Waals surface area contributed by atoms with E-state index in [0.717, 1.165) is 22.4 Å². The number of amides is 1. The summed E-state index contributed by atoms with van der Waals surface area (Å²) in [6.45, 7) is 3.74. The van der Waals surface area contributed by atoms with Crippen molar-refractivity contribution < 1.29 is 4.79 Å². The molecule has 1 N–H and O–H groups in total. The molecule has 0 radical (unpaired) electrons. The molecule has 5 aromatic rings. The van der Waals surface area contributed by atoms with Crippen molar-refractivity contribution in [3.05, 3.63) is 113 Å². The molecule has 0 aliphatic rings. The van der Waals surface area contributed by atoms with E-state index in [4.69, 9.17) is 4.98 Å². The minimum atomic E-state index is -0.529. The Balaban J connectivity index is 1.48. The van der Waals surface area contributed by atoms with Gasteiger partial charge in [-0.15, -0.1) is 0 Å². The zero-order valence-electron chi connectivity index (χ0n) is 19.9. The number of rotatable bonds is 6. The molecule has 178 valence electrons. The van der Waals surface area contributed by atoms with Crippen molar-refractivity contribution in [1.29, 1.82) is 0 Å². The van der Waals surface area contributed by atoms with Gasteiger partial charge >= 0.3 is 0 Å².